The number of ether oxygens (including phenoxy) is 1. The molecule has 5 rings (SSSR count). The smallest absolute Gasteiger partial charge is 0.161 e. The van der Waals surface area contributed by atoms with Crippen LogP contribution in [0.4, 0.5) is 0 Å². The zero-order valence-corrected chi connectivity index (χ0v) is 18.5. The Morgan fingerprint density at radius 2 is 1.72 bits per heavy atom. The number of benzene rings is 2. The number of hydrogen-bond donors (Lipinski definition) is 2. The van der Waals surface area contributed by atoms with Gasteiger partial charge in [-0.1, -0.05) is 30.3 Å². The van der Waals surface area contributed by atoms with Gasteiger partial charge in [-0.25, -0.2) is 4.98 Å². The molecule has 3 heterocycles. The summed E-state index contributed by atoms with van der Waals surface area (Å²) in [6, 6.07) is 16.4. The van der Waals surface area contributed by atoms with E-state index in [4.69, 9.17) is 4.74 Å². The van der Waals surface area contributed by atoms with E-state index in [9.17, 15) is 5.11 Å². The van der Waals surface area contributed by atoms with Gasteiger partial charge < -0.3 is 19.7 Å². The van der Waals surface area contributed by atoms with Crippen molar-refractivity contribution in [3.8, 4) is 33.8 Å². The van der Waals surface area contributed by atoms with Crippen LogP contribution in [0.5, 0.6) is 11.5 Å². The van der Waals surface area contributed by atoms with Gasteiger partial charge in [-0.15, -0.1) is 0 Å². The molecule has 4 aromatic rings. The number of hydrogen-bond acceptors (Lipinski definition) is 5. The van der Waals surface area contributed by atoms with Gasteiger partial charge in [-0.05, 0) is 41.9 Å². The van der Waals surface area contributed by atoms with Crippen molar-refractivity contribution in [2.24, 2.45) is 0 Å². The van der Waals surface area contributed by atoms with E-state index in [1.807, 2.05) is 24.5 Å². The number of phenols is 1. The fraction of sp³-hybridized carbons (Fsp3) is 0.269. The molecule has 0 aliphatic carbocycles. The number of rotatable bonds is 5. The molecule has 0 amide bonds. The molecule has 6 heteroatoms. The van der Waals surface area contributed by atoms with Crippen LogP contribution in [-0.2, 0) is 6.54 Å². The summed E-state index contributed by atoms with van der Waals surface area (Å²) in [5.74, 6) is 0.587. The van der Waals surface area contributed by atoms with Gasteiger partial charge in [0.15, 0.2) is 11.5 Å². The highest BCUT2D eigenvalue weighted by Gasteiger charge is 2.14. The molecule has 0 bridgehead atoms. The number of aromatic hydroxyl groups is 1. The number of aromatic nitrogens is 2. The molecule has 0 radical (unpaired) electrons. The Labute approximate surface area is 188 Å². The lowest BCUT2D eigenvalue weighted by molar-refractivity contribution is 0.148. The number of piperazine rings is 1. The van der Waals surface area contributed by atoms with E-state index in [1.165, 1.54) is 5.56 Å². The highest BCUT2D eigenvalue weighted by molar-refractivity contribution is 5.96. The third-order valence-corrected chi connectivity index (χ3v) is 6.31. The molecule has 32 heavy (non-hydrogen) atoms. The third-order valence-electron chi connectivity index (χ3n) is 6.31. The second kappa shape index (κ2) is 8.65. The maximum atomic E-state index is 9.93. The molecule has 1 fully saturated rings. The SMILES string of the molecule is COc1cc(-c2c[nH]c3ncc(-c4ccc(CN5CCN(C)CC5)cc4)cc23)ccc1O. The monoisotopic (exact) mass is 428 g/mol. The lowest BCUT2D eigenvalue weighted by atomic mass is 10.0. The minimum absolute atomic E-state index is 0.131. The molecule has 1 saturated heterocycles. The van der Waals surface area contributed by atoms with Crippen LogP contribution in [-0.4, -0.2) is 65.2 Å². The average Bonchev–Trinajstić information content (AvgIpc) is 3.25. The van der Waals surface area contributed by atoms with Gasteiger partial charge in [0, 0.05) is 61.6 Å². The molecule has 2 N–H and O–H groups in total. The molecule has 2 aromatic heterocycles. The fourth-order valence-electron chi connectivity index (χ4n) is 4.31. The highest BCUT2D eigenvalue weighted by Crippen LogP contribution is 2.35. The van der Waals surface area contributed by atoms with Crippen molar-refractivity contribution >= 4 is 11.0 Å². The Hall–Kier alpha value is -3.35. The first-order valence-electron chi connectivity index (χ1n) is 11.0. The summed E-state index contributed by atoms with van der Waals surface area (Å²) in [7, 11) is 3.74. The van der Waals surface area contributed by atoms with E-state index in [-0.39, 0.29) is 5.75 Å². The lowest BCUT2D eigenvalue weighted by Crippen LogP contribution is -2.43. The zero-order chi connectivity index (χ0) is 22.1. The maximum Gasteiger partial charge on any atom is 0.161 e. The number of nitrogens with zero attached hydrogens (tertiary/aromatic N) is 3. The number of aromatic amines is 1. The van der Waals surface area contributed by atoms with Crippen molar-refractivity contribution in [3.05, 3.63) is 66.5 Å². The second-order valence-corrected chi connectivity index (χ2v) is 8.49. The Morgan fingerprint density at radius 1 is 0.969 bits per heavy atom. The van der Waals surface area contributed by atoms with Crippen molar-refractivity contribution in [3.63, 3.8) is 0 Å². The van der Waals surface area contributed by atoms with E-state index in [1.54, 1.807) is 13.2 Å². The Bertz CT molecular complexity index is 1220. The van der Waals surface area contributed by atoms with Crippen LogP contribution in [0.25, 0.3) is 33.3 Å². The van der Waals surface area contributed by atoms with E-state index in [0.717, 1.165) is 66.0 Å². The normalized spacial score (nSPS) is 15.3. The van der Waals surface area contributed by atoms with Crippen LogP contribution in [0.2, 0.25) is 0 Å². The molecule has 0 spiro atoms. The third kappa shape index (κ3) is 4.07. The van der Waals surface area contributed by atoms with E-state index >= 15 is 0 Å². The first-order valence-corrected chi connectivity index (χ1v) is 11.0. The number of H-pyrrole nitrogens is 1. The summed E-state index contributed by atoms with van der Waals surface area (Å²) in [6.07, 6.45) is 3.86. The van der Waals surface area contributed by atoms with Crippen LogP contribution < -0.4 is 4.74 Å². The molecule has 0 unspecified atom stereocenters. The van der Waals surface area contributed by atoms with Crippen molar-refractivity contribution in [2.45, 2.75) is 6.54 Å². The molecule has 6 nitrogen and oxygen atoms in total. The first-order chi connectivity index (χ1) is 15.6. The fourth-order valence-corrected chi connectivity index (χ4v) is 4.31. The van der Waals surface area contributed by atoms with Crippen molar-refractivity contribution in [1.82, 2.24) is 19.8 Å². The predicted octanol–water partition coefficient (Wildman–Crippen LogP) is 4.36. The summed E-state index contributed by atoms with van der Waals surface area (Å²) >= 11 is 0. The van der Waals surface area contributed by atoms with Gasteiger partial charge >= 0.3 is 0 Å². The molecule has 0 saturated carbocycles. The summed E-state index contributed by atoms with van der Waals surface area (Å²) in [5.41, 5.74) is 6.40. The van der Waals surface area contributed by atoms with Gasteiger partial charge in [-0.2, -0.15) is 0 Å². The number of pyridine rings is 1. The highest BCUT2D eigenvalue weighted by atomic mass is 16.5. The molecule has 1 aliphatic heterocycles. The number of methoxy groups -OCH3 is 1. The van der Waals surface area contributed by atoms with E-state index < -0.39 is 0 Å². The minimum Gasteiger partial charge on any atom is -0.504 e. The van der Waals surface area contributed by atoms with Crippen molar-refractivity contribution in [2.75, 3.05) is 40.3 Å². The Morgan fingerprint density at radius 3 is 2.47 bits per heavy atom. The molecule has 2 aromatic carbocycles. The van der Waals surface area contributed by atoms with Crippen molar-refractivity contribution < 1.29 is 9.84 Å². The predicted molar refractivity (Wildman–Crippen MR) is 128 cm³/mol. The second-order valence-electron chi connectivity index (χ2n) is 8.49. The summed E-state index contributed by atoms with van der Waals surface area (Å²) in [5, 5.41) is 11.0. The topological polar surface area (TPSA) is 64.6 Å². The molecular formula is C26H28N4O2. The standard InChI is InChI=1S/C26H28N4O2/c1-29-9-11-30(12-10-29)17-18-3-5-19(6-4-18)21-13-22-23(16-28-26(22)27-15-21)20-7-8-24(31)25(14-20)32-2/h3-8,13-16,31H,9-12,17H2,1-2H3,(H,27,28). The summed E-state index contributed by atoms with van der Waals surface area (Å²) in [4.78, 5) is 12.8. The maximum absolute atomic E-state index is 9.93. The molecule has 164 valence electrons. The average molecular weight is 429 g/mol. The van der Waals surface area contributed by atoms with Gasteiger partial charge in [0.25, 0.3) is 0 Å². The van der Waals surface area contributed by atoms with Crippen LogP contribution in [0.3, 0.4) is 0 Å². The van der Waals surface area contributed by atoms with Gasteiger partial charge in [0.2, 0.25) is 0 Å². The van der Waals surface area contributed by atoms with Crippen LogP contribution >= 0.6 is 0 Å². The van der Waals surface area contributed by atoms with E-state index in [0.29, 0.717) is 5.75 Å². The molecule has 1 aliphatic rings. The van der Waals surface area contributed by atoms with Gasteiger partial charge in [0.1, 0.15) is 5.65 Å². The van der Waals surface area contributed by atoms with Crippen LogP contribution in [0.15, 0.2) is 60.9 Å². The lowest BCUT2D eigenvalue weighted by Gasteiger charge is -2.32. The van der Waals surface area contributed by atoms with Gasteiger partial charge in [-0.3, -0.25) is 4.90 Å². The number of nitrogens with one attached hydrogen (secondary N) is 1. The van der Waals surface area contributed by atoms with E-state index in [2.05, 4.69) is 57.1 Å². The van der Waals surface area contributed by atoms with Crippen LogP contribution in [0.1, 0.15) is 5.56 Å². The first kappa shape index (κ1) is 20.5. The largest absolute Gasteiger partial charge is 0.504 e. The Kier molecular flexibility index (Phi) is 5.55. The quantitative estimate of drug-likeness (QED) is 0.495. The number of phenolic OH excluding ortho intramolecular Hbond substituents is 1. The minimum atomic E-state index is 0.131. The summed E-state index contributed by atoms with van der Waals surface area (Å²) in [6.45, 7) is 5.51. The number of fused-ring (bicyclic) bond motifs is 1. The number of likely N-dealkylation sites (N-methyl/N-ethyl adjacent to an activating group) is 1. The zero-order valence-electron chi connectivity index (χ0n) is 18.5. The van der Waals surface area contributed by atoms with Crippen LogP contribution in [0, 0.1) is 0 Å². The van der Waals surface area contributed by atoms with Gasteiger partial charge in [0.05, 0.1) is 7.11 Å². The Balaban J connectivity index is 1.41. The molecule has 0 atom stereocenters. The summed E-state index contributed by atoms with van der Waals surface area (Å²) < 4.78 is 5.28. The molecular weight excluding hydrogens is 400 g/mol. The van der Waals surface area contributed by atoms with Crippen molar-refractivity contribution in [1.29, 1.82) is 0 Å².